The van der Waals surface area contributed by atoms with Crippen LogP contribution in [0.15, 0.2) is 36.4 Å². The van der Waals surface area contributed by atoms with Gasteiger partial charge >= 0.3 is 0 Å². The third-order valence-corrected chi connectivity index (χ3v) is 4.66. The van der Waals surface area contributed by atoms with E-state index < -0.39 is 0 Å². The number of benzene rings is 1. The number of hydrogen-bond donors (Lipinski definition) is 2. The molecule has 1 aromatic carbocycles. The Morgan fingerprint density at radius 1 is 1.17 bits per heavy atom. The number of hydrogen-bond acceptors (Lipinski definition) is 2. The van der Waals surface area contributed by atoms with Crippen molar-refractivity contribution in [2.75, 3.05) is 6.54 Å². The normalized spacial score (nSPS) is 17.5. The van der Waals surface area contributed by atoms with Crippen LogP contribution in [0.4, 0.5) is 0 Å². The minimum absolute atomic E-state index is 0.0441. The second-order valence-corrected chi connectivity index (χ2v) is 6.72. The molecule has 24 heavy (non-hydrogen) atoms. The highest BCUT2D eigenvalue weighted by Crippen LogP contribution is 2.27. The molecule has 0 saturated heterocycles. The fourth-order valence-corrected chi connectivity index (χ4v) is 2.94. The molecule has 4 heteroatoms. The molecule has 2 atom stereocenters. The quantitative estimate of drug-likeness (QED) is 0.720. The number of aryl methyl sites for hydroxylation is 1. The van der Waals surface area contributed by atoms with Crippen molar-refractivity contribution >= 4 is 11.8 Å². The highest BCUT2D eigenvalue weighted by Gasteiger charge is 2.18. The summed E-state index contributed by atoms with van der Waals surface area (Å²) in [7, 11) is 0. The Labute approximate surface area is 144 Å². The Hall–Kier alpha value is -2.10. The molecule has 0 spiro atoms. The Morgan fingerprint density at radius 3 is 2.58 bits per heavy atom. The van der Waals surface area contributed by atoms with E-state index in [4.69, 9.17) is 0 Å². The second kappa shape index (κ2) is 9.26. The molecule has 0 bridgehead atoms. The van der Waals surface area contributed by atoms with Gasteiger partial charge in [0.2, 0.25) is 11.8 Å². The van der Waals surface area contributed by atoms with Crippen LogP contribution in [0.5, 0.6) is 0 Å². The Kier molecular flexibility index (Phi) is 7.04. The molecular formula is C20H28N2O2. The lowest BCUT2D eigenvalue weighted by molar-refractivity contribution is -0.126. The van der Waals surface area contributed by atoms with Gasteiger partial charge in [-0.25, -0.2) is 0 Å². The van der Waals surface area contributed by atoms with Crippen LogP contribution in [0.3, 0.4) is 0 Å². The van der Waals surface area contributed by atoms with Crippen molar-refractivity contribution in [1.82, 2.24) is 10.6 Å². The van der Waals surface area contributed by atoms with Crippen molar-refractivity contribution in [2.45, 2.75) is 46.1 Å². The van der Waals surface area contributed by atoms with E-state index in [1.165, 1.54) is 12.0 Å². The lowest BCUT2D eigenvalue weighted by Crippen LogP contribution is -2.36. The summed E-state index contributed by atoms with van der Waals surface area (Å²) >= 11 is 0. The lowest BCUT2D eigenvalue weighted by Gasteiger charge is -2.17. The zero-order valence-corrected chi connectivity index (χ0v) is 14.7. The van der Waals surface area contributed by atoms with Gasteiger partial charge in [0.05, 0.1) is 6.54 Å². The lowest BCUT2D eigenvalue weighted by atomic mass is 9.89. The van der Waals surface area contributed by atoms with E-state index in [-0.39, 0.29) is 18.4 Å². The van der Waals surface area contributed by atoms with E-state index in [0.717, 1.165) is 18.4 Å². The van der Waals surface area contributed by atoms with Gasteiger partial charge in [-0.2, -0.15) is 0 Å². The van der Waals surface area contributed by atoms with E-state index in [0.29, 0.717) is 24.8 Å². The number of amides is 2. The molecule has 0 heterocycles. The Bertz CT molecular complexity index is 578. The topological polar surface area (TPSA) is 58.2 Å². The first-order valence-electron chi connectivity index (χ1n) is 8.80. The van der Waals surface area contributed by atoms with E-state index in [9.17, 15) is 9.59 Å². The summed E-state index contributed by atoms with van der Waals surface area (Å²) in [4.78, 5) is 23.7. The summed E-state index contributed by atoms with van der Waals surface area (Å²) in [6.07, 6.45) is 8.19. The molecule has 2 rings (SSSR count). The van der Waals surface area contributed by atoms with Crippen molar-refractivity contribution in [1.29, 1.82) is 0 Å². The van der Waals surface area contributed by atoms with Gasteiger partial charge in [0, 0.05) is 13.0 Å². The van der Waals surface area contributed by atoms with Crippen LogP contribution in [0.25, 0.3) is 0 Å². The van der Waals surface area contributed by atoms with Gasteiger partial charge in [0.15, 0.2) is 0 Å². The van der Waals surface area contributed by atoms with Crippen LogP contribution in [0.2, 0.25) is 0 Å². The highest BCUT2D eigenvalue weighted by molar-refractivity contribution is 5.84. The van der Waals surface area contributed by atoms with Crippen molar-refractivity contribution in [3.8, 4) is 0 Å². The first-order chi connectivity index (χ1) is 11.5. The maximum atomic E-state index is 11.9. The standard InChI is InChI=1S/C20H28N2O2/c1-15-7-10-17(11-8-15)13-21-20(24)14-22-19(23)12-9-16(2)18-5-3-4-6-18/h3,5,7-8,10-11,16,18H,4,6,9,12-14H2,1-2H3,(H,21,24)(H,22,23). The zero-order chi connectivity index (χ0) is 17.4. The molecular weight excluding hydrogens is 300 g/mol. The molecule has 2 N–H and O–H groups in total. The molecule has 1 aromatic rings. The van der Waals surface area contributed by atoms with E-state index in [1.54, 1.807) is 0 Å². The summed E-state index contributed by atoms with van der Waals surface area (Å²) in [6, 6.07) is 8.02. The first-order valence-corrected chi connectivity index (χ1v) is 8.80. The summed E-state index contributed by atoms with van der Waals surface area (Å²) in [5.74, 6) is 0.922. The number of allylic oxidation sites excluding steroid dienone is 2. The van der Waals surface area contributed by atoms with Crippen LogP contribution < -0.4 is 10.6 Å². The number of carbonyl (C=O) groups is 2. The number of carbonyl (C=O) groups excluding carboxylic acids is 2. The Balaban J connectivity index is 1.59. The SMILES string of the molecule is Cc1ccc(CNC(=O)CNC(=O)CCC(C)C2C=CCC2)cc1. The van der Waals surface area contributed by atoms with Crippen molar-refractivity contribution in [2.24, 2.45) is 11.8 Å². The molecule has 0 saturated carbocycles. The second-order valence-electron chi connectivity index (χ2n) is 6.72. The fraction of sp³-hybridized carbons (Fsp3) is 0.500. The largest absolute Gasteiger partial charge is 0.350 e. The third-order valence-electron chi connectivity index (χ3n) is 4.66. The highest BCUT2D eigenvalue weighted by atomic mass is 16.2. The molecule has 1 aliphatic carbocycles. The smallest absolute Gasteiger partial charge is 0.239 e. The molecule has 2 amide bonds. The van der Waals surface area contributed by atoms with E-state index in [2.05, 4.69) is 29.7 Å². The van der Waals surface area contributed by atoms with Gasteiger partial charge in [-0.3, -0.25) is 9.59 Å². The molecule has 0 aliphatic heterocycles. The summed E-state index contributed by atoms with van der Waals surface area (Å²) in [6.45, 7) is 4.76. The van der Waals surface area contributed by atoms with Crippen LogP contribution in [-0.2, 0) is 16.1 Å². The van der Waals surface area contributed by atoms with Crippen LogP contribution in [-0.4, -0.2) is 18.4 Å². The summed E-state index contributed by atoms with van der Waals surface area (Å²) < 4.78 is 0. The summed E-state index contributed by atoms with van der Waals surface area (Å²) in [5, 5.41) is 5.53. The van der Waals surface area contributed by atoms with Crippen LogP contribution in [0.1, 0.15) is 43.7 Å². The van der Waals surface area contributed by atoms with Crippen molar-refractivity contribution in [3.05, 3.63) is 47.5 Å². The van der Waals surface area contributed by atoms with Gasteiger partial charge < -0.3 is 10.6 Å². The van der Waals surface area contributed by atoms with Crippen LogP contribution in [0, 0.1) is 18.8 Å². The Morgan fingerprint density at radius 2 is 1.92 bits per heavy atom. The average Bonchev–Trinajstić information content (AvgIpc) is 3.12. The molecule has 1 aliphatic rings. The zero-order valence-electron chi connectivity index (χ0n) is 14.7. The minimum atomic E-state index is -0.157. The fourth-order valence-electron chi connectivity index (χ4n) is 2.94. The van der Waals surface area contributed by atoms with Gasteiger partial charge in [-0.05, 0) is 43.6 Å². The first kappa shape index (κ1) is 18.2. The predicted molar refractivity (Wildman–Crippen MR) is 96.3 cm³/mol. The molecule has 0 radical (unpaired) electrons. The number of nitrogens with one attached hydrogen (secondary N) is 2. The molecule has 0 aromatic heterocycles. The maximum Gasteiger partial charge on any atom is 0.239 e. The molecule has 0 fully saturated rings. The molecule has 4 nitrogen and oxygen atoms in total. The average molecular weight is 328 g/mol. The van der Waals surface area contributed by atoms with Gasteiger partial charge in [-0.15, -0.1) is 0 Å². The number of rotatable bonds is 8. The van der Waals surface area contributed by atoms with Gasteiger partial charge in [0.25, 0.3) is 0 Å². The van der Waals surface area contributed by atoms with Gasteiger partial charge in [0.1, 0.15) is 0 Å². The van der Waals surface area contributed by atoms with E-state index in [1.807, 2.05) is 31.2 Å². The predicted octanol–water partition coefficient (Wildman–Crippen LogP) is 3.11. The third kappa shape index (κ3) is 6.19. The van der Waals surface area contributed by atoms with E-state index >= 15 is 0 Å². The molecule has 130 valence electrons. The monoisotopic (exact) mass is 328 g/mol. The minimum Gasteiger partial charge on any atom is -0.350 e. The van der Waals surface area contributed by atoms with Crippen molar-refractivity contribution in [3.63, 3.8) is 0 Å². The molecule has 2 unspecified atom stereocenters. The van der Waals surface area contributed by atoms with Crippen molar-refractivity contribution < 1.29 is 9.59 Å². The van der Waals surface area contributed by atoms with Crippen LogP contribution >= 0.6 is 0 Å². The van der Waals surface area contributed by atoms with Gasteiger partial charge in [-0.1, -0.05) is 48.9 Å². The maximum absolute atomic E-state index is 11.9. The summed E-state index contributed by atoms with van der Waals surface area (Å²) in [5.41, 5.74) is 2.25.